The van der Waals surface area contributed by atoms with E-state index in [1.165, 1.54) is 0 Å². The van der Waals surface area contributed by atoms with E-state index in [1.54, 1.807) is 18.5 Å². The first kappa shape index (κ1) is 14.7. The van der Waals surface area contributed by atoms with Crippen LogP contribution in [0.3, 0.4) is 0 Å². The van der Waals surface area contributed by atoms with Crippen molar-refractivity contribution in [2.75, 3.05) is 0 Å². The van der Waals surface area contributed by atoms with Crippen molar-refractivity contribution in [3.8, 4) is 0 Å². The van der Waals surface area contributed by atoms with Crippen LogP contribution in [0.2, 0.25) is 0 Å². The molecule has 1 atom stereocenters. The molecule has 108 valence electrons. The maximum atomic E-state index is 11.8. The highest BCUT2D eigenvalue weighted by Crippen LogP contribution is 2.10. The minimum absolute atomic E-state index is 0.220. The van der Waals surface area contributed by atoms with Crippen LogP contribution in [0.15, 0.2) is 54.9 Å². The zero-order valence-electron chi connectivity index (χ0n) is 11.7. The summed E-state index contributed by atoms with van der Waals surface area (Å²) in [6.45, 7) is 2.11. The van der Waals surface area contributed by atoms with Gasteiger partial charge in [-0.15, -0.1) is 0 Å². The lowest BCUT2D eigenvalue weighted by atomic mass is 10.1. The van der Waals surface area contributed by atoms with Crippen LogP contribution < -0.4 is 10.6 Å². The Morgan fingerprint density at radius 1 is 1.10 bits per heavy atom. The molecule has 5 heteroatoms. The zero-order valence-corrected chi connectivity index (χ0v) is 11.7. The number of rotatable bonds is 4. The molecule has 1 aromatic heterocycles. The Balaban J connectivity index is 1.84. The van der Waals surface area contributed by atoms with Gasteiger partial charge in [-0.2, -0.15) is 0 Å². The SMILES string of the molecule is CC(NC(=O)C(=O)NCc1cccnc1)c1ccccc1. The topological polar surface area (TPSA) is 71.1 Å². The molecule has 2 amide bonds. The second kappa shape index (κ2) is 7.19. The second-order valence-electron chi connectivity index (χ2n) is 4.65. The molecule has 2 N–H and O–H groups in total. The van der Waals surface area contributed by atoms with Gasteiger partial charge in [-0.05, 0) is 24.1 Å². The summed E-state index contributed by atoms with van der Waals surface area (Å²) >= 11 is 0. The number of carbonyl (C=O) groups excluding carboxylic acids is 2. The summed E-state index contributed by atoms with van der Waals surface area (Å²) in [6, 6.07) is 12.9. The predicted molar refractivity (Wildman–Crippen MR) is 79.1 cm³/mol. The van der Waals surface area contributed by atoms with E-state index in [0.717, 1.165) is 11.1 Å². The summed E-state index contributed by atoms with van der Waals surface area (Å²) in [7, 11) is 0. The van der Waals surface area contributed by atoms with E-state index in [-0.39, 0.29) is 12.6 Å². The fraction of sp³-hybridized carbons (Fsp3) is 0.188. The van der Waals surface area contributed by atoms with E-state index >= 15 is 0 Å². The molecule has 1 heterocycles. The van der Waals surface area contributed by atoms with Crippen LogP contribution in [0.1, 0.15) is 24.1 Å². The minimum atomic E-state index is -0.651. The van der Waals surface area contributed by atoms with Crippen molar-refractivity contribution in [2.45, 2.75) is 19.5 Å². The highest BCUT2D eigenvalue weighted by molar-refractivity contribution is 6.35. The Labute approximate surface area is 123 Å². The number of benzene rings is 1. The van der Waals surface area contributed by atoms with E-state index in [2.05, 4.69) is 15.6 Å². The molecule has 0 aliphatic carbocycles. The van der Waals surface area contributed by atoms with Crippen molar-refractivity contribution in [1.29, 1.82) is 0 Å². The molecule has 5 nitrogen and oxygen atoms in total. The molecule has 2 rings (SSSR count). The van der Waals surface area contributed by atoms with Gasteiger partial charge >= 0.3 is 11.8 Å². The highest BCUT2D eigenvalue weighted by Gasteiger charge is 2.16. The van der Waals surface area contributed by atoms with Crippen LogP contribution in [0, 0.1) is 0 Å². The number of amides is 2. The Kier molecular flexibility index (Phi) is 5.04. The van der Waals surface area contributed by atoms with Crippen LogP contribution in [-0.4, -0.2) is 16.8 Å². The van der Waals surface area contributed by atoms with E-state index in [0.29, 0.717) is 0 Å². The maximum Gasteiger partial charge on any atom is 0.309 e. The van der Waals surface area contributed by atoms with Crippen LogP contribution in [0.4, 0.5) is 0 Å². The monoisotopic (exact) mass is 283 g/mol. The third-order valence-electron chi connectivity index (χ3n) is 3.03. The van der Waals surface area contributed by atoms with Crippen LogP contribution in [0.25, 0.3) is 0 Å². The molecule has 0 radical (unpaired) electrons. The predicted octanol–water partition coefficient (Wildman–Crippen LogP) is 1.58. The van der Waals surface area contributed by atoms with Crippen molar-refractivity contribution in [3.05, 3.63) is 66.0 Å². The number of pyridine rings is 1. The van der Waals surface area contributed by atoms with Gasteiger partial charge in [0.1, 0.15) is 0 Å². The number of hydrogen-bond acceptors (Lipinski definition) is 3. The van der Waals surface area contributed by atoms with Gasteiger partial charge in [0.05, 0.1) is 6.04 Å². The molecule has 2 aromatic rings. The van der Waals surface area contributed by atoms with Crippen LogP contribution >= 0.6 is 0 Å². The number of carbonyl (C=O) groups is 2. The second-order valence-corrected chi connectivity index (χ2v) is 4.65. The van der Waals surface area contributed by atoms with Crippen LogP contribution in [0.5, 0.6) is 0 Å². The Morgan fingerprint density at radius 3 is 2.52 bits per heavy atom. The lowest BCUT2D eigenvalue weighted by molar-refractivity contribution is -0.139. The summed E-state index contributed by atoms with van der Waals surface area (Å²) in [5.41, 5.74) is 1.79. The molecule has 1 unspecified atom stereocenters. The fourth-order valence-corrected chi connectivity index (χ4v) is 1.85. The molecule has 0 saturated carbocycles. The highest BCUT2D eigenvalue weighted by atomic mass is 16.2. The van der Waals surface area contributed by atoms with Gasteiger partial charge < -0.3 is 10.6 Å². The third kappa shape index (κ3) is 4.42. The van der Waals surface area contributed by atoms with Gasteiger partial charge in [0.2, 0.25) is 0 Å². The number of aromatic nitrogens is 1. The van der Waals surface area contributed by atoms with E-state index in [9.17, 15) is 9.59 Å². The molecular formula is C16H17N3O2. The lowest BCUT2D eigenvalue weighted by Crippen LogP contribution is -2.40. The molecule has 0 aliphatic rings. The van der Waals surface area contributed by atoms with Crippen molar-refractivity contribution in [2.24, 2.45) is 0 Å². The molecule has 0 spiro atoms. The molecule has 0 aliphatic heterocycles. The molecule has 0 saturated heterocycles. The largest absolute Gasteiger partial charge is 0.344 e. The number of nitrogens with one attached hydrogen (secondary N) is 2. The van der Waals surface area contributed by atoms with Gasteiger partial charge in [-0.3, -0.25) is 14.6 Å². The average molecular weight is 283 g/mol. The summed E-state index contributed by atoms with van der Waals surface area (Å²) in [6.07, 6.45) is 3.30. The number of hydrogen-bond donors (Lipinski definition) is 2. The first-order valence-corrected chi connectivity index (χ1v) is 6.69. The summed E-state index contributed by atoms with van der Waals surface area (Å²) in [5.74, 6) is -1.29. The zero-order chi connectivity index (χ0) is 15.1. The summed E-state index contributed by atoms with van der Waals surface area (Å²) in [5, 5.41) is 5.23. The normalized spacial score (nSPS) is 11.5. The minimum Gasteiger partial charge on any atom is -0.344 e. The lowest BCUT2D eigenvalue weighted by Gasteiger charge is -2.14. The smallest absolute Gasteiger partial charge is 0.309 e. The van der Waals surface area contributed by atoms with Gasteiger partial charge in [0, 0.05) is 18.9 Å². The van der Waals surface area contributed by atoms with Crippen molar-refractivity contribution in [3.63, 3.8) is 0 Å². The fourth-order valence-electron chi connectivity index (χ4n) is 1.85. The quantitative estimate of drug-likeness (QED) is 0.837. The Morgan fingerprint density at radius 2 is 1.86 bits per heavy atom. The summed E-state index contributed by atoms with van der Waals surface area (Å²) in [4.78, 5) is 27.5. The Hall–Kier alpha value is -2.69. The van der Waals surface area contributed by atoms with Crippen molar-refractivity contribution >= 4 is 11.8 Å². The van der Waals surface area contributed by atoms with Gasteiger partial charge in [0.25, 0.3) is 0 Å². The Bertz CT molecular complexity index is 599. The molecule has 21 heavy (non-hydrogen) atoms. The van der Waals surface area contributed by atoms with Gasteiger partial charge in [0.15, 0.2) is 0 Å². The van der Waals surface area contributed by atoms with E-state index < -0.39 is 11.8 Å². The molecule has 0 bridgehead atoms. The first-order chi connectivity index (χ1) is 10.2. The van der Waals surface area contributed by atoms with Crippen molar-refractivity contribution in [1.82, 2.24) is 15.6 Å². The van der Waals surface area contributed by atoms with Crippen molar-refractivity contribution < 1.29 is 9.59 Å². The van der Waals surface area contributed by atoms with Crippen LogP contribution in [-0.2, 0) is 16.1 Å². The van der Waals surface area contributed by atoms with E-state index in [4.69, 9.17) is 0 Å². The standard InChI is InChI=1S/C16H17N3O2/c1-12(14-7-3-2-4-8-14)19-16(21)15(20)18-11-13-6-5-9-17-10-13/h2-10,12H,11H2,1H3,(H,18,20)(H,19,21). The summed E-state index contributed by atoms with van der Waals surface area (Å²) < 4.78 is 0. The van der Waals surface area contributed by atoms with E-state index in [1.807, 2.05) is 43.3 Å². The average Bonchev–Trinajstić information content (AvgIpc) is 2.54. The van der Waals surface area contributed by atoms with Gasteiger partial charge in [-0.25, -0.2) is 0 Å². The maximum absolute atomic E-state index is 11.8. The molecule has 0 fully saturated rings. The van der Waals surface area contributed by atoms with Gasteiger partial charge in [-0.1, -0.05) is 36.4 Å². The molecular weight excluding hydrogens is 266 g/mol. The molecule has 1 aromatic carbocycles. The third-order valence-corrected chi connectivity index (χ3v) is 3.03. The number of nitrogens with zero attached hydrogens (tertiary/aromatic N) is 1. The first-order valence-electron chi connectivity index (χ1n) is 6.69.